The molecule has 1 heterocycles. The topological polar surface area (TPSA) is 63.5 Å². The second-order valence-electron chi connectivity index (χ2n) is 4.51. The number of ether oxygens (including phenoxy) is 1. The van der Waals surface area contributed by atoms with Gasteiger partial charge in [0.2, 0.25) is 5.91 Å². The summed E-state index contributed by atoms with van der Waals surface area (Å²) in [4.78, 5) is 12.0. The summed E-state index contributed by atoms with van der Waals surface area (Å²) < 4.78 is 10.3. The van der Waals surface area contributed by atoms with Crippen molar-refractivity contribution in [2.24, 2.45) is 0 Å². The predicted octanol–water partition coefficient (Wildman–Crippen LogP) is 3.06. The number of amides is 1. The van der Waals surface area contributed by atoms with E-state index in [9.17, 15) is 4.79 Å². The lowest BCUT2D eigenvalue weighted by atomic mass is 10.2. The molecular formula is C15H17ClN2O3. The molecule has 0 fully saturated rings. The third-order valence-corrected chi connectivity index (χ3v) is 3.29. The largest absolute Gasteiger partial charge is 0.497 e. The number of carbonyl (C=O) groups is 1. The first-order chi connectivity index (χ1) is 10.1. The summed E-state index contributed by atoms with van der Waals surface area (Å²) in [5.74, 6) is 1.23. The Morgan fingerprint density at radius 1 is 1.43 bits per heavy atom. The predicted molar refractivity (Wildman–Crippen MR) is 81.6 cm³/mol. The number of furan rings is 1. The molecule has 0 aliphatic rings. The summed E-state index contributed by atoms with van der Waals surface area (Å²) in [5.41, 5.74) is 0.650. The fraction of sp³-hybridized carbons (Fsp3) is 0.267. The van der Waals surface area contributed by atoms with E-state index in [0.29, 0.717) is 28.8 Å². The monoisotopic (exact) mass is 308 g/mol. The van der Waals surface area contributed by atoms with Crippen molar-refractivity contribution < 1.29 is 13.9 Å². The third-order valence-electron chi connectivity index (χ3n) is 2.96. The van der Waals surface area contributed by atoms with Crippen LogP contribution in [-0.2, 0) is 11.3 Å². The summed E-state index contributed by atoms with van der Waals surface area (Å²) in [5, 5.41) is 6.37. The lowest BCUT2D eigenvalue weighted by Gasteiger charge is -2.16. The van der Waals surface area contributed by atoms with Gasteiger partial charge < -0.3 is 19.8 Å². The molecule has 1 aromatic carbocycles. The van der Waals surface area contributed by atoms with Crippen molar-refractivity contribution in [2.75, 3.05) is 12.4 Å². The highest BCUT2D eigenvalue weighted by Gasteiger charge is 2.14. The third kappa shape index (κ3) is 4.16. The molecule has 112 valence electrons. The highest BCUT2D eigenvalue weighted by Crippen LogP contribution is 2.27. The molecule has 1 amide bonds. The van der Waals surface area contributed by atoms with Crippen LogP contribution in [0.5, 0.6) is 5.75 Å². The molecule has 1 aromatic heterocycles. The van der Waals surface area contributed by atoms with Crippen LogP contribution in [0.1, 0.15) is 12.7 Å². The molecule has 0 saturated heterocycles. The van der Waals surface area contributed by atoms with Crippen LogP contribution in [-0.4, -0.2) is 19.1 Å². The first-order valence-corrected chi connectivity index (χ1v) is 6.88. The molecular weight excluding hydrogens is 292 g/mol. The Kier molecular flexibility index (Phi) is 5.11. The van der Waals surface area contributed by atoms with Crippen molar-refractivity contribution in [2.45, 2.75) is 19.5 Å². The van der Waals surface area contributed by atoms with Gasteiger partial charge >= 0.3 is 0 Å². The normalized spacial score (nSPS) is 11.8. The van der Waals surface area contributed by atoms with Gasteiger partial charge in [-0.1, -0.05) is 11.6 Å². The lowest BCUT2D eigenvalue weighted by Crippen LogP contribution is -2.37. The van der Waals surface area contributed by atoms with E-state index in [1.54, 1.807) is 50.6 Å². The van der Waals surface area contributed by atoms with Crippen LogP contribution < -0.4 is 15.4 Å². The van der Waals surface area contributed by atoms with Gasteiger partial charge in [0.15, 0.2) is 0 Å². The van der Waals surface area contributed by atoms with E-state index in [1.807, 2.05) is 0 Å². The molecule has 2 aromatic rings. The molecule has 0 saturated carbocycles. The number of benzene rings is 1. The minimum absolute atomic E-state index is 0.148. The smallest absolute Gasteiger partial charge is 0.242 e. The molecule has 0 aliphatic carbocycles. The lowest BCUT2D eigenvalue weighted by molar-refractivity contribution is -0.121. The minimum Gasteiger partial charge on any atom is -0.497 e. The zero-order valence-electron chi connectivity index (χ0n) is 11.9. The maximum Gasteiger partial charge on any atom is 0.242 e. The summed E-state index contributed by atoms with van der Waals surface area (Å²) >= 11 is 6.10. The standard InChI is InChI=1S/C15H17ClN2O3/c1-10(15(19)17-9-12-4-3-7-21-12)18-14-8-11(20-2)5-6-13(14)16/h3-8,10,18H,9H2,1-2H3,(H,17,19). The van der Waals surface area contributed by atoms with Crippen molar-refractivity contribution in [1.82, 2.24) is 5.32 Å². The number of halogens is 1. The zero-order chi connectivity index (χ0) is 15.2. The van der Waals surface area contributed by atoms with E-state index in [-0.39, 0.29) is 5.91 Å². The Bertz CT molecular complexity index is 599. The van der Waals surface area contributed by atoms with E-state index in [2.05, 4.69) is 10.6 Å². The van der Waals surface area contributed by atoms with Gasteiger partial charge in [0, 0.05) is 6.07 Å². The summed E-state index contributed by atoms with van der Waals surface area (Å²) in [7, 11) is 1.58. The molecule has 0 bridgehead atoms. The number of methoxy groups -OCH3 is 1. The maximum atomic E-state index is 12.0. The summed E-state index contributed by atoms with van der Waals surface area (Å²) in [6.07, 6.45) is 1.57. The Morgan fingerprint density at radius 2 is 2.24 bits per heavy atom. The van der Waals surface area contributed by atoms with Crippen molar-refractivity contribution in [1.29, 1.82) is 0 Å². The summed E-state index contributed by atoms with van der Waals surface area (Å²) in [6, 6.07) is 8.37. The van der Waals surface area contributed by atoms with Gasteiger partial charge in [0.1, 0.15) is 17.6 Å². The first kappa shape index (κ1) is 15.3. The number of hydrogen-bond acceptors (Lipinski definition) is 4. The minimum atomic E-state index is -0.440. The number of nitrogens with one attached hydrogen (secondary N) is 2. The Labute approximate surface area is 128 Å². The van der Waals surface area contributed by atoms with Crippen LogP contribution in [0, 0.1) is 0 Å². The fourth-order valence-corrected chi connectivity index (χ4v) is 1.95. The highest BCUT2D eigenvalue weighted by atomic mass is 35.5. The number of rotatable bonds is 6. The molecule has 0 aliphatic heterocycles. The number of anilines is 1. The van der Waals surface area contributed by atoms with Crippen molar-refractivity contribution in [3.8, 4) is 5.75 Å². The molecule has 2 N–H and O–H groups in total. The molecule has 1 unspecified atom stereocenters. The van der Waals surface area contributed by atoms with Gasteiger partial charge in [-0.3, -0.25) is 4.79 Å². The van der Waals surface area contributed by atoms with Crippen LogP contribution >= 0.6 is 11.6 Å². The number of carbonyl (C=O) groups excluding carboxylic acids is 1. The van der Waals surface area contributed by atoms with Crippen LogP contribution in [0.25, 0.3) is 0 Å². The van der Waals surface area contributed by atoms with Crippen LogP contribution in [0.3, 0.4) is 0 Å². The quantitative estimate of drug-likeness (QED) is 0.861. The van der Waals surface area contributed by atoms with Crippen molar-refractivity contribution in [3.05, 3.63) is 47.4 Å². The SMILES string of the molecule is COc1ccc(Cl)c(NC(C)C(=O)NCc2ccco2)c1. The fourth-order valence-electron chi connectivity index (χ4n) is 1.78. The summed E-state index contributed by atoms with van der Waals surface area (Å²) in [6.45, 7) is 2.11. The molecule has 0 spiro atoms. The van der Waals surface area contributed by atoms with Gasteiger partial charge in [-0.25, -0.2) is 0 Å². The van der Waals surface area contributed by atoms with E-state index in [0.717, 1.165) is 0 Å². The van der Waals surface area contributed by atoms with E-state index in [4.69, 9.17) is 20.8 Å². The van der Waals surface area contributed by atoms with Gasteiger partial charge in [-0.05, 0) is 31.2 Å². The highest BCUT2D eigenvalue weighted by molar-refractivity contribution is 6.33. The average Bonchev–Trinajstić information content (AvgIpc) is 3.00. The second kappa shape index (κ2) is 7.04. The van der Waals surface area contributed by atoms with Crippen LogP contribution in [0.15, 0.2) is 41.0 Å². The van der Waals surface area contributed by atoms with E-state index < -0.39 is 6.04 Å². The van der Waals surface area contributed by atoms with Gasteiger partial charge in [-0.15, -0.1) is 0 Å². The maximum absolute atomic E-state index is 12.0. The molecule has 6 heteroatoms. The molecule has 5 nitrogen and oxygen atoms in total. The molecule has 1 atom stereocenters. The zero-order valence-corrected chi connectivity index (χ0v) is 12.6. The second-order valence-corrected chi connectivity index (χ2v) is 4.92. The number of hydrogen-bond donors (Lipinski definition) is 2. The van der Waals surface area contributed by atoms with Crippen molar-refractivity contribution >= 4 is 23.2 Å². The molecule has 21 heavy (non-hydrogen) atoms. The first-order valence-electron chi connectivity index (χ1n) is 6.50. The van der Waals surface area contributed by atoms with Crippen LogP contribution in [0.2, 0.25) is 5.02 Å². The van der Waals surface area contributed by atoms with Gasteiger partial charge in [-0.2, -0.15) is 0 Å². The van der Waals surface area contributed by atoms with Crippen LogP contribution in [0.4, 0.5) is 5.69 Å². The Hall–Kier alpha value is -2.14. The molecule has 0 radical (unpaired) electrons. The van der Waals surface area contributed by atoms with E-state index >= 15 is 0 Å². The van der Waals surface area contributed by atoms with Gasteiger partial charge in [0.05, 0.1) is 30.6 Å². The van der Waals surface area contributed by atoms with Crippen molar-refractivity contribution in [3.63, 3.8) is 0 Å². The Balaban J connectivity index is 1.93. The van der Waals surface area contributed by atoms with E-state index in [1.165, 1.54) is 0 Å². The Morgan fingerprint density at radius 3 is 2.90 bits per heavy atom. The van der Waals surface area contributed by atoms with Gasteiger partial charge in [0.25, 0.3) is 0 Å². The molecule has 2 rings (SSSR count). The average molecular weight is 309 g/mol.